The van der Waals surface area contributed by atoms with E-state index in [1.807, 2.05) is 0 Å². The van der Waals surface area contributed by atoms with Crippen LogP contribution < -0.4 is 20.9 Å². The second-order valence-electron chi connectivity index (χ2n) is 5.22. The van der Waals surface area contributed by atoms with E-state index in [2.05, 4.69) is 21.2 Å². The maximum absolute atomic E-state index is 11.8. The molecule has 2 amide bonds. The number of halogens is 2. The average molecular weight is 427 g/mol. The molecular formula is C17H16Cl2N4O3S. The lowest BCUT2D eigenvalue weighted by atomic mass is 10.3. The van der Waals surface area contributed by atoms with E-state index in [4.69, 9.17) is 40.2 Å². The SMILES string of the molecule is O=C(CCCOc1ccc(Cl)cc1Cl)NC(=S)NNC(=O)c1ccncc1. The number of thiocarbonyl (C=S) groups is 1. The molecule has 27 heavy (non-hydrogen) atoms. The second-order valence-corrected chi connectivity index (χ2v) is 6.47. The first-order valence-corrected chi connectivity index (χ1v) is 9.00. The number of amides is 2. The van der Waals surface area contributed by atoms with Crippen LogP contribution in [0.2, 0.25) is 10.0 Å². The Bertz CT molecular complexity index is 821. The summed E-state index contributed by atoms with van der Waals surface area (Å²) in [5.41, 5.74) is 5.25. The third-order valence-corrected chi connectivity index (χ3v) is 3.92. The van der Waals surface area contributed by atoms with Crippen LogP contribution in [0.3, 0.4) is 0 Å². The average Bonchev–Trinajstić information content (AvgIpc) is 2.65. The molecule has 1 aromatic heterocycles. The quantitative estimate of drug-likeness (QED) is 0.373. The van der Waals surface area contributed by atoms with E-state index in [9.17, 15) is 9.59 Å². The lowest BCUT2D eigenvalue weighted by molar-refractivity contribution is -0.119. The highest BCUT2D eigenvalue weighted by atomic mass is 35.5. The number of pyridine rings is 1. The minimum absolute atomic E-state index is 0.0101. The molecule has 0 spiro atoms. The van der Waals surface area contributed by atoms with Crippen molar-refractivity contribution in [2.24, 2.45) is 0 Å². The molecule has 0 fully saturated rings. The predicted molar refractivity (Wildman–Crippen MR) is 107 cm³/mol. The molecule has 10 heteroatoms. The second kappa shape index (κ2) is 10.7. The molecule has 0 saturated carbocycles. The first-order chi connectivity index (χ1) is 13.0. The van der Waals surface area contributed by atoms with Gasteiger partial charge in [0, 0.05) is 29.4 Å². The first-order valence-electron chi connectivity index (χ1n) is 7.84. The van der Waals surface area contributed by atoms with Gasteiger partial charge < -0.3 is 10.1 Å². The predicted octanol–water partition coefficient (Wildman–Crippen LogP) is 2.88. The van der Waals surface area contributed by atoms with Crippen molar-refractivity contribution < 1.29 is 14.3 Å². The molecule has 0 radical (unpaired) electrons. The van der Waals surface area contributed by atoms with Gasteiger partial charge >= 0.3 is 0 Å². The van der Waals surface area contributed by atoms with Crippen LogP contribution in [0.15, 0.2) is 42.7 Å². The van der Waals surface area contributed by atoms with Gasteiger partial charge in [0.1, 0.15) is 5.75 Å². The number of hydrogen-bond donors (Lipinski definition) is 3. The monoisotopic (exact) mass is 426 g/mol. The molecule has 2 rings (SSSR count). The minimum atomic E-state index is -0.401. The van der Waals surface area contributed by atoms with Crippen molar-refractivity contribution in [3.8, 4) is 5.75 Å². The zero-order valence-electron chi connectivity index (χ0n) is 14.0. The third-order valence-electron chi connectivity index (χ3n) is 3.18. The smallest absolute Gasteiger partial charge is 0.269 e. The van der Waals surface area contributed by atoms with Crippen LogP contribution in [0.4, 0.5) is 0 Å². The minimum Gasteiger partial charge on any atom is -0.492 e. The summed E-state index contributed by atoms with van der Waals surface area (Å²) < 4.78 is 5.49. The van der Waals surface area contributed by atoms with Gasteiger partial charge in [0.2, 0.25) is 5.91 Å². The lowest BCUT2D eigenvalue weighted by Gasteiger charge is -2.11. The summed E-state index contributed by atoms with van der Waals surface area (Å²) in [6.07, 6.45) is 3.63. The summed E-state index contributed by atoms with van der Waals surface area (Å²) in [6.45, 7) is 0.299. The standard InChI is InChI=1S/C17H16Cl2N4O3S/c18-12-3-4-14(13(19)10-12)26-9-1-2-15(24)21-17(27)23-22-16(25)11-5-7-20-8-6-11/h3-8,10H,1-2,9H2,(H,22,25)(H2,21,23,24,27). The lowest BCUT2D eigenvalue weighted by Crippen LogP contribution is -2.48. The zero-order valence-corrected chi connectivity index (χ0v) is 16.3. The van der Waals surface area contributed by atoms with Gasteiger partial charge in [0.05, 0.1) is 11.6 Å². The highest BCUT2D eigenvalue weighted by Crippen LogP contribution is 2.27. The maximum atomic E-state index is 11.8. The molecule has 0 unspecified atom stereocenters. The van der Waals surface area contributed by atoms with Crippen LogP contribution in [0, 0.1) is 0 Å². The fourth-order valence-corrected chi connectivity index (χ4v) is 2.54. The van der Waals surface area contributed by atoms with Gasteiger partial charge in [-0.2, -0.15) is 0 Å². The van der Waals surface area contributed by atoms with Crippen molar-refractivity contribution in [3.05, 3.63) is 58.3 Å². The molecule has 3 N–H and O–H groups in total. The van der Waals surface area contributed by atoms with E-state index < -0.39 is 5.91 Å². The van der Waals surface area contributed by atoms with E-state index in [-0.39, 0.29) is 17.4 Å². The van der Waals surface area contributed by atoms with Gasteiger partial charge in [0.25, 0.3) is 5.91 Å². The molecular weight excluding hydrogens is 411 g/mol. The van der Waals surface area contributed by atoms with Gasteiger partial charge in [-0.05, 0) is 49.0 Å². The topological polar surface area (TPSA) is 92.4 Å². The Morgan fingerprint density at radius 1 is 1.11 bits per heavy atom. The molecule has 0 aliphatic heterocycles. The van der Waals surface area contributed by atoms with Gasteiger partial charge in [0.15, 0.2) is 5.11 Å². The van der Waals surface area contributed by atoms with Gasteiger partial charge in [-0.1, -0.05) is 23.2 Å². The van der Waals surface area contributed by atoms with Crippen molar-refractivity contribution in [1.29, 1.82) is 0 Å². The van der Waals surface area contributed by atoms with Crippen LogP contribution in [-0.2, 0) is 4.79 Å². The molecule has 0 saturated heterocycles. The summed E-state index contributed by atoms with van der Waals surface area (Å²) >= 11 is 16.8. The Morgan fingerprint density at radius 2 is 1.85 bits per heavy atom. The molecule has 0 aliphatic carbocycles. The normalized spacial score (nSPS) is 10.0. The van der Waals surface area contributed by atoms with Crippen LogP contribution in [0.25, 0.3) is 0 Å². The number of aromatic nitrogens is 1. The summed E-state index contributed by atoms with van der Waals surface area (Å²) in [6, 6.07) is 8.00. The van der Waals surface area contributed by atoms with E-state index in [0.29, 0.717) is 34.4 Å². The molecule has 0 bridgehead atoms. The van der Waals surface area contributed by atoms with E-state index in [1.54, 1.807) is 30.3 Å². The Labute approximate surface area is 171 Å². The molecule has 0 aliphatic rings. The van der Waals surface area contributed by atoms with Gasteiger partial charge in [-0.3, -0.25) is 25.4 Å². The summed E-state index contributed by atoms with van der Waals surface area (Å²) in [4.78, 5) is 27.5. The number of benzene rings is 1. The number of carbonyl (C=O) groups is 2. The number of nitrogens with one attached hydrogen (secondary N) is 3. The number of hydrazine groups is 1. The Hall–Kier alpha value is -2.42. The Morgan fingerprint density at radius 3 is 2.56 bits per heavy atom. The Balaban J connectivity index is 1.63. The summed E-state index contributed by atoms with van der Waals surface area (Å²) in [5.74, 6) is -0.212. The molecule has 1 heterocycles. The summed E-state index contributed by atoms with van der Waals surface area (Å²) in [7, 11) is 0. The molecule has 142 valence electrons. The van der Waals surface area contributed by atoms with Gasteiger partial charge in [-0.25, -0.2) is 0 Å². The van der Waals surface area contributed by atoms with Crippen LogP contribution in [-0.4, -0.2) is 28.5 Å². The van der Waals surface area contributed by atoms with Crippen LogP contribution >= 0.6 is 35.4 Å². The number of nitrogens with zero attached hydrogens (tertiary/aromatic N) is 1. The highest BCUT2D eigenvalue weighted by Gasteiger charge is 2.08. The maximum Gasteiger partial charge on any atom is 0.269 e. The number of carbonyl (C=O) groups excluding carboxylic acids is 2. The number of rotatable bonds is 6. The van der Waals surface area contributed by atoms with Crippen LogP contribution in [0.5, 0.6) is 5.75 Å². The summed E-state index contributed by atoms with van der Waals surface area (Å²) in [5, 5.41) is 3.37. The highest BCUT2D eigenvalue weighted by molar-refractivity contribution is 7.80. The molecule has 2 aromatic rings. The molecule has 1 aromatic carbocycles. The fraction of sp³-hybridized carbons (Fsp3) is 0.176. The van der Waals surface area contributed by atoms with E-state index in [0.717, 1.165) is 0 Å². The zero-order chi connectivity index (χ0) is 19.6. The van der Waals surface area contributed by atoms with Crippen molar-refractivity contribution in [3.63, 3.8) is 0 Å². The van der Waals surface area contributed by atoms with Crippen molar-refractivity contribution in [2.45, 2.75) is 12.8 Å². The van der Waals surface area contributed by atoms with Crippen LogP contribution in [0.1, 0.15) is 23.2 Å². The number of hydrogen-bond acceptors (Lipinski definition) is 5. The number of ether oxygens (including phenoxy) is 1. The van der Waals surface area contributed by atoms with E-state index >= 15 is 0 Å². The fourth-order valence-electron chi connectivity index (χ4n) is 1.92. The third kappa shape index (κ3) is 7.38. The largest absolute Gasteiger partial charge is 0.492 e. The molecule has 0 atom stereocenters. The van der Waals surface area contributed by atoms with Crippen molar-refractivity contribution in [1.82, 2.24) is 21.2 Å². The van der Waals surface area contributed by atoms with Gasteiger partial charge in [-0.15, -0.1) is 0 Å². The molecule has 7 nitrogen and oxygen atoms in total. The Kier molecular flexibility index (Phi) is 8.25. The first kappa shape index (κ1) is 20.9. The van der Waals surface area contributed by atoms with E-state index in [1.165, 1.54) is 12.4 Å². The van der Waals surface area contributed by atoms with Crippen molar-refractivity contribution >= 4 is 52.3 Å². The van der Waals surface area contributed by atoms with Crippen molar-refractivity contribution in [2.75, 3.05) is 6.61 Å².